The van der Waals surface area contributed by atoms with E-state index >= 15 is 0 Å². The van der Waals surface area contributed by atoms with Crippen LogP contribution in [0.5, 0.6) is 5.75 Å². The third-order valence-corrected chi connectivity index (χ3v) is 8.22. The number of hydrogen-bond donors (Lipinski definition) is 0. The molecule has 0 saturated heterocycles. The van der Waals surface area contributed by atoms with Crippen molar-refractivity contribution in [2.24, 2.45) is 0 Å². The van der Waals surface area contributed by atoms with Gasteiger partial charge in [-0.3, -0.25) is 14.2 Å². The number of unbranched alkanes of at least 4 members (excludes halogenated alkanes) is 1. The highest BCUT2D eigenvalue weighted by Gasteiger charge is 2.39. The first-order chi connectivity index (χ1) is 19.9. The summed E-state index contributed by atoms with van der Waals surface area (Å²) < 4.78 is 8.79. The van der Waals surface area contributed by atoms with E-state index in [1.165, 1.54) is 0 Å². The summed E-state index contributed by atoms with van der Waals surface area (Å²) in [5, 5.41) is 0. The molecule has 1 aromatic heterocycles. The molecular weight excluding hydrogens is 580 g/mol. The number of carbonyl (C=O) groups is 1. The average molecular weight is 618 g/mol. The minimum Gasteiger partial charge on any atom is -0.478 e. The zero-order valence-corrected chi connectivity index (χ0v) is 25.5. The van der Waals surface area contributed by atoms with E-state index in [1.54, 1.807) is 4.57 Å². The number of aromatic nitrogens is 2. The first-order valence-electron chi connectivity index (χ1n) is 14.3. The fraction of sp³-hybridized carbons (Fsp3) is 0.364. The Morgan fingerprint density at radius 1 is 1.02 bits per heavy atom. The minimum absolute atomic E-state index is 0.0650. The Kier molecular flexibility index (Phi) is 9.20. The number of carbonyl (C=O) groups excluding carboxylic acids is 1. The molecule has 3 unspecified atom stereocenters. The number of ether oxygens (including phenoxy) is 1. The second kappa shape index (κ2) is 13.0. The Morgan fingerprint density at radius 2 is 1.73 bits per heavy atom. The van der Waals surface area contributed by atoms with Gasteiger partial charge in [0.15, 0.2) is 0 Å². The number of fused-ring (bicyclic) bond motifs is 3. The predicted molar refractivity (Wildman–Crippen MR) is 165 cm³/mol. The van der Waals surface area contributed by atoms with Crippen molar-refractivity contribution in [1.82, 2.24) is 19.4 Å². The van der Waals surface area contributed by atoms with Crippen LogP contribution in [-0.2, 0) is 6.54 Å². The van der Waals surface area contributed by atoms with Crippen LogP contribution in [0.4, 0.5) is 0 Å². The van der Waals surface area contributed by atoms with Crippen LogP contribution in [0.3, 0.4) is 0 Å². The zero-order valence-electron chi connectivity index (χ0n) is 23.9. The second-order valence-corrected chi connectivity index (χ2v) is 11.8. The number of nitrogens with zero attached hydrogens (tertiary/aromatic N) is 4. The molecular formula is C33H37BrN4O3. The third-order valence-electron chi connectivity index (χ3n) is 7.69. The lowest BCUT2D eigenvalue weighted by Gasteiger charge is -2.33. The average Bonchev–Trinajstić information content (AvgIpc) is 3.36. The van der Waals surface area contributed by atoms with Crippen LogP contribution in [0, 0.1) is 0 Å². The molecule has 1 aliphatic heterocycles. The molecule has 5 rings (SSSR count). The number of hydrogen-bond acceptors (Lipinski definition) is 5. The standard InChI is InChI=1S/C33H37BrN4O3/c1-4-27(37(21-11-10-20-36(2)3)32(39)24-16-18-25(34)19-17-24)31-35-29-26-14-8-9-15-28(26)41-30(29)33(40)38(31)22-23-12-6-5-7-13-23/h5-9,12-19,26-28H,4,10-11,20-22H2,1-3H3. The smallest absolute Gasteiger partial charge is 0.296 e. The van der Waals surface area contributed by atoms with E-state index in [9.17, 15) is 9.59 Å². The summed E-state index contributed by atoms with van der Waals surface area (Å²) in [5.74, 6) is 0.721. The minimum atomic E-state index is -0.394. The van der Waals surface area contributed by atoms with Gasteiger partial charge in [0.2, 0.25) is 5.75 Å². The summed E-state index contributed by atoms with van der Waals surface area (Å²) in [6, 6.07) is 17.0. The van der Waals surface area contributed by atoms with Crippen molar-refractivity contribution < 1.29 is 9.53 Å². The van der Waals surface area contributed by atoms with Gasteiger partial charge in [-0.2, -0.15) is 0 Å². The molecule has 2 aromatic carbocycles. The highest BCUT2D eigenvalue weighted by Crippen LogP contribution is 2.39. The number of allylic oxidation sites excluding steroid dienone is 2. The Labute approximate surface area is 250 Å². The Morgan fingerprint density at radius 3 is 2.44 bits per heavy atom. The summed E-state index contributed by atoms with van der Waals surface area (Å²) in [7, 11) is 4.11. The summed E-state index contributed by atoms with van der Waals surface area (Å²) in [4.78, 5) is 37.5. The van der Waals surface area contributed by atoms with Crippen LogP contribution in [0.15, 0.2) is 88.2 Å². The van der Waals surface area contributed by atoms with Gasteiger partial charge >= 0.3 is 0 Å². The molecule has 0 radical (unpaired) electrons. The Hall–Kier alpha value is -3.49. The van der Waals surface area contributed by atoms with E-state index in [4.69, 9.17) is 9.72 Å². The predicted octanol–water partition coefficient (Wildman–Crippen LogP) is 5.96. The van der Waals surface area contributed by atoms with Crippen LogP contribution < -0.4 is 10.3 Å². The number of halogens is 1. The van der Waals surface area contributed by atoms with Crippen molar-refractivity contribution in [3.8, 4) is 5.75 Å². The van der Waals surface area contributed by atoms with Crippen molar-refractivity contribution in [2.45, 2.75) is 50.8 Å². The van der Waals surface area contributed by atoms with E-state index in [0.717, 1.165) is 29.4 Å². The Balaban J connectivity index is 1.60. The SMILES string of the molecule is CCC(c1nc2c(c(=O)n1Cc1ccccc1)OC1C=CC=CC21)N(CCCCN(C)C)C(=O)c1ccc(Br)cc1. The van der Waals surface area contributed by atoms with E-state index in [2.05, 4.69) is 41.8 Å². The highest BCUT2D eigenvalue weighted by molar-refractivity contribution is 9.10. The van der Waals surface area contributed by atoms with Gasteiger partial charge in [-0.1, -0.05) is 71.4 Å². The van der Waals surface area contributed by atoms with Gasteiger partial charge in [-0.25, -0.2) is 4.98 Å². The highest BCUT2D eigenvalue weighted by atomic mass is 79.9. The molecule has 41 heavy (non-hydrogen) atoms. The van der Waals surface area contributed by atoms with Crippen LogP contribution >= 0.6 is 15.9 Å². The molecule has 2 heterocycles. The van der Waals surface area contributed by atoms with Gasteiger partial charge in [0.05, 0.1) is 18.5 Å². The molecule has 1 aliphatic carbocycles. The van der Waals surface area contributed by atoms with E-state index in [-0.39, 0.29) is 23.5 Å². The van der Waals surface area contributed by atoms with Crippen LogP contribution in [0.1, 0.15) is 65.6 Å². The third kappa shape index (κ3) is 6.39. The van der Waals surface area contributed by atoms with Crippen molar-refractivity contribution in [1.29, 1.82) is 0 Å². The van der Waals surface area contributed by atoms with E-state index in [1.807, 2.05) is 83.8 Å². The van der Waals surface area contributed by atoms with Crippen molar-refractivity contribution >= 4 is 21.8 Å². The summed E-state index contributed by atoms with van der Waals surface area (Å²) in [6.07, 6.45) is 10.1. The summed E-state index contributed by atoms with van der Waals surface area (Å²) in [5.41, 5.74) is 2.05. The van der Waals surface area contributed by atoms with E-state index in [0.29, 0.717) is 42.3 Å². The fourth-order valence-corrected chi connectivity index (χ4v) is 5.84. The summed E-state index contributed by atoms with van der Waals surface area (Å²) >= 11 is 3.48. The lowest BCUT2D eigenvalue weighted by molar-refractivity contribution is 0.0651. The molecule has 3 aromatic rings. The first-order valence-corrected chi connectivity index (χ1v) is 15.1. The quantitative estimate of drug-likeness (QED) is 0.249. The maximum Gasteiger partial charge on any atom is 0.296 e. The van der Waals surface area contributed by atoms with Crippen molar-refractivity contribution in [3.05, 3.63) is 116 Å². The maximum atomic E-state index is 14.1. The molecule has 7 nitrogen and oxygen atoms in total. The van der Waals surface area contributed by atoms with Crippen LogP contribution in [0.2, 0.25) is 0 Å². The van der Waals surface area contributed by atoms with E-state index < -0.39 is 6.04 Å². The Bertz CT molecular complexity index is 1480. The molecule has 0 saturated carbocycles. The van der Waals surface area contributed by atoms with Crippen LogP contribution in [0.25, 0.3) is 0 Å². The van der Waals surface area contributed by atoms with Gasteiger partial charge in [0.25, 0.3) is 11.5 Å². The molecule has 0 bridgehead atoms. The topological polar surface area (TPSA) is 67.7 Å². The van der Waals surface area contributed by atoms with Gasteiger partial charge in [-0.05, 0) is 75.8 Å². The summed E-state index contributed by atoms with van der Waals surface area (Å²) in [6.45, 7) is 3.90. The molecule has 0 N–H and O–H groups in total. The first kappa shape index (κ1) is 29.0. The van der Waals surface area contributed by atoms with Gasteiger partial charge < -0.3 is 14.5 Å². The van der Waals surface area contributed by atoms with Gasteiger partial charge in [0.1, 0.15) is 17.6 Å². The van der Waals surface area contributed by atoms with Crippen LogP contribution in [-0.4, -0.2) is 58.5 Å². The molecule has 0 spiro atoms. The number of amides is 1. The lowest BCUT2D eigenvalue weighted by atomic mass is 9.96. The van der Waals surface area contributed by atoms with Crippen molar-refractivity contribution in [2.75, 3.05) is 27.2 Å². The fourth-order valence-electron chi connectivity index (χ4n) is 5.57. The van der Waals surface area contributed by atoms with Crippen molar-refractivity contribution in [3.63, 3.8) is 0 Å². The molecule has 1 amide bonds. The lowest BCUT2D eigenvalue weighted by Crippen LogP contribution is -2.40. The molecule has 3 atom stereocenters. The molecule has 0 fully saturated rings. The second-order valence-electron chi connectivity index (χ2n) is 10.9. The monoisotopic (exact) mass is 616 g/mol. The molecule has 2 aliphatic rings. The number of benzene rings is 2. The molecule has 8 heteroatoms. The molecule has 214 valence electrons. The van der Waals surface area contributed by atoms with Gasteiger partial charge in [0, 0.05) is 16.6 Å². The normalized spacial score (nSPS) is 17.7. The number of rotatable bonds is 11. The largest absolute Gasteiger partial charge is 0.478 e. The maximum absolute atomic E-state index is 14.1. The zero-order chi connectivity index (χ0) is 28.9. The van der Waals surface area contributed by atoms with Gasteiger partial charge in [-0.15, -0.1) is 0 Å².